The Labute approximate surface area is 416 Å². The summed E-state index contributed by atoms with van der Waals surface area (Å²) in [7, 11) is 0. The number of ether oxygens (including phenoxy) is 3. The van der Waals surface area contributed by atoms with Crippen molar-refractivity contribution in [2.24, 2.45) is 0 Å². The van der Waals surface area contributed by atoms with Gasteiger partial charge in [-0.1, -0.05) is 80.3 Å². The predicted molar refractivity (Wildman–Crippen MR) is 264 cm³/mol. The topological polar surface area (TPSA) is 241 Å². The predicted octanol–water partition coefficient (Wildman–Crippen LogP) is 4.86. The normalized spacial score (nSPS) is 11.3. The van der Waals surface area contributed by atoms with Crippen LogP contribution in [-0.2, 0) is 43.0 Å². The second-order valence-corrected chi connectivity index (χ2v) is 15.7. The van der Waals surface area contributed by atoms with Crippen molar-refractivity contribution >= 4 is 75.7 Å². The van der Waals surface area contributed by atoms with Gasteiger partial charge in [-0.05, 0) is 84.9 Å². The van der Waals surface area contributed by atoms with Gasteiger partial charge in [0.15, 0.2) is 0 Å². The minimum Gasteiger partial charge on any atom is -0.480 e. The number of carbonyl (C=O) groups excluding carboxylic acids is 4. The van der Waals surface area contributed by atoms with Gasteiger partial charge in [0.05, 0.1) is 6.54 Å². The summed E-state index contributed by atoms with van der Waals surface area (Å²) in [5.41, 5.74) is 6.18. The van der Waals surface area contributed by atoms with Crippen LogP contribution in [0.5, 0.6) is 0 Å². The van der Waals surface area contributed by atoms with Crippen LogP contribution in [0.2, 0.25) is 0 Å². The van der Waals surface area contributed by atoms with Crippen molar-refractivity contribution in [1.29, 1.82) is 0 Å². The number of hydrogen-bond acceptors (Lipinski definition) is 15. The molecule has 0 aliphatic heterocycles. The Kier molecular flexibility index (Phi) is 31.5. The number of hydrogen-bond donors (Lipinski definition) is 5. The number of aryl methyl sites for hydroxylation is 3. The average Bonchev–Trinajstić information content (AvgIpc) is 3.23. The van der Waals surface area contributed by atoms with Gasteiger partial charge < -0.3 is 54.4 Å². The summed E-state index contributed by atoms with van der Waals surface area (Å²) in [6, 6.07) is 22.2. The second kappa shape index (κ2) is 33.4. The van der Waals surface area contributed by atoms with Crippen molar-refractivity contribution in [3.63, 3.8) is 0 Å². The number of nitrogens with zero attached hydrogens (tertiary/aromatic N) is 3. The maximum atomic E-state index is 11.4. The van der Waals surface area contributed by atoms with Crippen LogP contribution in [0.3, 0.4) is 0 Å². The third-order valence-corrected chi connectivity index (χ3v) is 8.82. The van der Waals surface area contributed by atoms with E-state index in [9.17, 15) is 44.1 Å². The molecule has 0 fully saturated rings. The average molecular weight is 960 g/mol. The number of aliphatic hydroxyl groups excluding tert-OH is 3. The first-order chi connectivity index (χ1) is 30.9. The van der Waals surface area contributed by atoms with E-state index in [2.05, 4.69) is 19.7 Å². The zero-order chi connectivity index (χ0) is 50.1. The number of rotatable bonds is 24. The fraction of sp³-hybridized carbons (Fsp3) is 0.400. The number of aliphatic carboxylic acids is 2. The summed E-state index contributed by atoms with van der Waals surface area (Å²) < 4.78 is 14.7. The molecule has 3 aromatic rings. The van der Waals surface area contributed by atoms with Gasteiger partial charge >= 0.3 is 52.9 Å². The number of carboxylic acids is 2. The summed E-state index contributed by atoms with van der Waals surface area (Å²) in [6.45, 7) is 21.7. The van der Waals surface area contributed by atoms with Gasteiger partial charge in [-0.2, -0.15) is 0 Å². The Balaban J connectivity index is 0. The van der Waals surface area contributed by atoms with E-state index in [4.69, 9.17) is 24.4 Å². The summed E-state index contributed by atoms with van der Waals surface area (Å²) in [5.74, 6) is -3.73. The van der Waals surface area contributed by atoms with Gasteiger partial charge in [-0.3, -0.25) is 14.4 Å². The van der Waals surface area contributed by atoms with E-state index in [-0.39, 0.29) is 112 Å². The molecule has 68 heavy (non-hydrogen) atoms. The number of anilines is 3. The summed E-state index contributed by atoms with van der Waals surface area (Å²) in [4.78, 5) is 72.0. The molecule has 18 heteroatoms. The van der Waals surface area contributed by atoms with Crippen molar-refractivity contribution in [2.75, 3.05) is 73.8 Å². The molecule has 0 saturated carbocycles. The number of ketones is 1. The van der Waals surface area contributed by atoms with Crippen molar-refractivity contribution in [1.82, 2.24) is 0 Å². The molecule has 17 nitrogen and oxygen atoms in total. The van der Waals surface area contributed by atoms with E-state index < -0.39 is 48.2 Å². The molecule has 0 saturated heterocycles. The summed E-state index contributed by atoms with van der Waals surface area (Å²) in [6.07, 6.45) is -2.88. The Morgan fingerprint density at radius 1 is 0.471 bits per heavy atom. The molecular weight excluding hydrogens is 891 g/mol. The van der Waals surface area contributed by atoms with Gasteiger partial charge in [0.1, 0.15) is 57.0 Å². The minimum absolute atomic E-state index is 0. The van der Waals surface area contributed by atoms with Crippen LogP contribution in [0.1, 0.15) is 51.8 Å². The third kappa shape index (κ3) is 27.6. The van der Waals surface area contributed by atoms with Gasteiger partial charge in [0, 0.05) is 53.4 Å². The second-order valence-electron chi connectivity index (χ2n) is 15.7. The fourth-order valence-electron chi connectivity index (χ4n) is 5.45. The van der Waals surface area contributed by atoms with Crippen LogP contribution in [-0.4, -0.2) is 162 Å². The number of carboxylic acid groups (broad SMARTS) is 2. The Hall–Kier alpha value is -6.05. The van der Waals surface area contributed by atoms with E-state index in [0.717, 1.165) is 22.4 Å². The van der Waals surface area contributed by atoms with Crippen molar-refractivity contribution in [3.05, 3.63) is 126 Å². The molecule has 5 N–H and O–H groups in total. The monoisotopic (exact) mass is 959 g/mol. The smallest absolute Gasteiger partial charge is 0.480 e. The number of esters is 3. The molecule has 0 aliphatic carbocycles. The molecule has 0 aromatic heterocycles. The van der Waals surface area contributed by atoms with E-state index >= 15 is 0 Å². The molecule has 368 valence electrons. The Morgan fingerprint density at radius 3 is 0.882 bits per heavy atom. The van der Waals surface area contributed by atoms with Crippen LogP contribution < -0.4 is 14.7 Å². The molecule has 0 radical (unpaired) electrons. The quantitative estimate of drug-likeness (QED) is 0.0349. The molecular formula is C50H69MgN3O14+2. The molecule has 0 aliphatic rings. The van der Waals surface area contributed by atoms with Gasteiger partial charge in [0.25, 0.3) is 0 Å². The van der Waals surface area contributed by atoms with Crippen LogP contribution in [0.15, 0.2) is 109 Å². The molecule has 3 rings (SSSR count). The van der Waals surface area contributed by atoms with Crippen LogP contribution in [0, 0.1) is 20.8 Å². The van der Waals surface area contributed by atoms with Crippen LogP contribution in [0.25, 0.3) is 0 Å². The maximum absolute atomic E-state index is 11.4. The molecule has 0 spiro atoms. The fourth-order valence-corrected chi connectivity index (χ4v) is 5.45. The first-order valence-electron chi connectivity index (χ1n) is 20.8. The SMILES string of the molecule is C.C=C(C)C(=O)OCC(O)CN(CC(=O)O)c1ccc(C)cc1.C=C(C)C(=O)OCC(O)CN(CC(=O)O)c1ccc(C)cc1.C=C(C)C(=O)OCC(O)CN(CC(C)=O)c1ccc(C)cc1.[Mg+2]. The zero-order valence-electron chi connectivity index (χ0n) is 39.6. The molecule has 3 atom stereocenters. The summed E-state index contributed by atoms with van der Waals surface area (Å²) >= 11 is 0. The van der Waals surface area contributed by atoms with Gasteiger partial charge in [-0.15, -0.1) is 0 Å². The van der Waals surface area contributed by atoms with Crippen molar-refractivity contribution < 1.29 is 68.5 Å². The third-order valence-electron chi connectivity index (χ3n) is 8.82. The van der Waals surface area contributed by atoms with Gasteiger partial charge in [-0.25, -0.2) is 14.4 Å². The molecule has 3 unspecified atom stereocenters. The zero-order valence-corrected chi connectivity index (χ0v) is 41.0. The van der Waals surface area contributed by atoms with Gasteiger partial charge in [0.2, 0.25) is 0 Å². The van der Waals surface area contributed by atoms with E-state index in [1.165, 1.54) is 30.6 Å². The number of aliphatic hydroxyl groups is 3. The van der Waals surface area contributed by atoms with Crippen LogP contribution >= 0.6 is 0 Å². The molecule has 0 bridgehead atoms. The Bertz CT molecular complexity index is 1860. The Morgan fingerprint density at radius 2 is 0.691 bits per heavy atom. The first-order valence-corrected chi connectivity index (χ1v) is 20.8. The molecule has 0 heterocycles. The first kappa shape index (κ1) is 64.0. The minimum atomic E-state index is -1.01. The molecule has 0 amide bonds. The van der Waals surface area contributed by atoms with E-state index in [0.29, 0.717) is 11.4 Å². The standard InChI is InChI=1S/C17H23NO4.2C16H21NO5.CH4.Mg/c1-12(2)17(21)22-11-16(20)10-18(9-14(4)19)15-7-5-13(3)6-8-15;2*1-11(2)16(21)22-10-14(18)8-17(9-15(19)20)13-6-4-12(3)5-7-13;;/h5-8,16,20H,1,9-11H2,2-4H3;2*4-7,14,18H,1,8-10H2,2-3H3,(H,19,20);1H4;/q;;;;+2. The number of benzene rings is 3. The maximum Gasteiger partial charge on any atom is 2.00 e. The molecule has 3 aromatic carbocycles. The number of carbonyl (C=O) groups is 6. The van der Waals surface area contributed by atoms with Crippen LogP contribution in [0.4, 0.5) is 17.1 Å². The number of Topliss-reactive ketones (excluding diaryl/α,β-unsaturated/α-hetero) is 1. The summed E-state index contributed by atoms with van der Waals surface area (Å²) in [5, 5.41) is 47.9. The largest absolute Gasteiger partial charge is 2.00 e. The van der Waals surface area contributed by atoms with Crippen molar-refractivity contribution in [3.8, 4) is 0 Å². The van der Waals surface area contributed by atoms with E-state index in [1.54, 1.807) is 36.1 Å². The van der Waals surface area contributed by atoms with E-state index in [1.807, 2.05) is 69.3 Å². The van der Waals surface area contributed by atoms with Crippen molar-refractivity contribution in [2.45, 2.75) is 74.2 Å².